The van der Waals surface area contributed by atoms with Crippen LogP contribution in [0.1, 0.15) is 32.6 Å². The molecule has 1 amide bonds. The molecule has 3 heterocycles. The van der Waals surface area contributed by atoms with E-state index in [0.29, 0.717) is 22.6 Å². The molecule has 3 N–H and O–H groups in total. The predicted molar refractivity (Wildman–Crippen MR) is 99.2 cm³/mol. The van der Waals surface area contributed by atoms with E-state index < -0.39 is 5.25 Å². The van der Waals surface area contributed by atoms with Gasteiger partial charge in [-0.25, -0.2) is 9.36 Å². The van der Waals surface area contributed by atoms with Crippen molar-refractivity contribution in [1.82, 2.24) is 24.7 Å². The first-order valence-corrected chi connectivity index (χ1v) is 9.02. The van der Waals surface area contributed by atoms with Gasteiger partial charge in [-0.3, -0.25) is 4.79 Å². The van der Waals surface area contributed by atoms with Gasteiger partial charge in [0.25, 0.3) is 0 Å². The van der Waals surface area contributed by atoms with Crippen molar-refractivity contribution < 1.29 is 9.21 Å². The number of nitrogens with two attached hydrogens (primary N) is 1. The smallest absolute Gasteiger partial charge is 0.238 e. The van der Waals surface area contributed by atoms with Crippen molar-refractivity contribution in [2.24, 2.45) is 0 Å². The lowest BCUT2D eigenvalue weighted by atomic mass is 10.2. The van der Waals surface area contributed by atoms with Gasteiger partial charge in [0.15, 0.2) is 5.82 Å². The average Bonchev–Trinajstić information content (AvgIpc) is 3.29. The van der Waals surface area contributed by atoms with E-state index in [-0.39, 0.29) is 11.9 Å². The van der Waals surface area contributed by atoms with Crippen LogP contribution in [-0.2, 0) is 4.79 Å². The van der Waals surface area contributed by atoms with Crippen LogP contribution >= 0.6 is 11.8 Å². The van der Waals surface area contributed by atoms with Crippen LogP contribution in [0, 0.1) is 6.92 Å². The second-order valence-corrected chi connectivity index (χ2v) is 7.38. The Labute approximate surface area is 154 Å². The molecule has 0 saturated carbocycles. The Balaban J connectivity index is 1.71. The third kappa shape index (κ3) is 3.45. The second kappa shape index (κ2) is 7.24. The van der Waals surface area contributed by atoms with Crippen molar-refractivity contribution in [3.63, 3.8) is 0 Å². The maximum atomic E-state index is 12.5. The summed E-state index contributed by atoms with van der Waals surface area (Å²) in [5.41, 5.74) is 0.768. The third-order valence-electron chi connectivity index (χ3n) is 3.83. The summed E-state index contributed by atoms with van der Waals surface area (Å²) in [5, 5.41) is 15.3. The van der Waals surface area contributed by atoms with Gasteiger partial charge in [0.2, 0.25) is 11.1 Å². The van der Waals surface area contributed by atoms with E-state index in [4.69, 9.17) is 10.3 Å². The quantitative estimate of drug-likeness (QED) is 0.502. The number of carbonyl (C=O) groups excluding carboxylic acids is 1. The van der Waals surface area contributed by atoms with Crippen molar-refractivity contribution in [1.29, 1.82) is 0 Å². The van der Waals surface area contributed by atoms with Crippen molar-refractivity contribution in [2.75, 3.05) is 11.2 Å². The number of carbonyl (C=O) groups is 1. The van der Waals surface area contributed by atoms with Crippen molar-refractivity contribution in [3.8, 4) is 11.4 Å². The molecule has 0 aliphatic heterocycles. The number of aryl methyl sites for hydroxylation is 1. The number of hydrogen-bond acceptors (Lipinski definition) is 7. The fourth-order valence-corrected chi connectivity index (χ4v) is 3.19. The summed E-state index contributed by atoms with van der Waals surface area (Å²) in [5.74, 6) is 7.78. The largest absolute Gasteiger partial charge is 0.469 e. The van der Waals surface area contributed by atoms with Crippen LogP contribution in [0.4, 0.5) is 5.82 Å². The Morgan fingerprint density at radius 1 is 1.31 bits per heavy atom. The van der Waals surface area contributed by atoms with Crippen molar-refractivity contribution in [3.05, 3.63) is 30.4 Å². The highest BCUT2D eigenvalue weighted by Gasteiger charge is 2.22. The first kappa shape index (κ1) is 18.1. The Morgan fingerprint density at radius 3 is 2.73 bits per heavy atom. The Bertz CT molecular complexity index is 911. The number of nitrogens with zero attached hydrogens (tertiary/aromatic N) is 5. The SMILES string of the molecule is Cc1occc1-c1nnc(SC(C)C(=O)Nc2ccnn2C(C)C)n1N. The summed E-state index contributed by atoms with van der Waals surface area (Å²) in [4.78, 5) is 12.5. The van der Waals surface area contributed by atoms with Crippen LogP contribution in [0.5, 0.6) is 0 Å². The molecule has 3 aromatic rings. The minimum absolute atomic E-state index is 0.149. The van der Waals surface area contributed by atoms with E-state index >= 15 is 0 Å². The second-order valence-electron chi connectivity index (χ2n) is 6.07. The van der Waals surface area contributed by atoms with Gasteiger partial charge in [-0.1, -0.05) is 11.8 Å². The first-order valence-electron chi connectivity index (χ1n) is 8.14. The molecule has 3 rings (SSSR count). The van der Waals surface area contributed by atoms with Crippen molar-refractivity contribution >= 4 is 23.5 Å². The van der Waals surface area contributed by atoms with Crippen LogP contribution in [0.25, 0.3) is 11.4 Å². The standard InChI is InChI=1S/C16H21N7O2S/c1-9(2)23-13(5-7-18-23)19-15(24)11(4)26-16-21-20-14(22(16)17)12-6-8-25-10(12)3/h5-9,11H,17H2,1-4H3,(H,19,24). The number of nitrogen functional groups attached to an aromatic ring is 1. The fraction of sp³-hybridized carbons (Fsp3) is 0.375. The maximum Gasteiger partial charge on any atom is 0.238 e. The molecule has 0 aromatic carbocycles. The number of furan rings is 1. The van der Waals surface area contributed by atoms with Gasteiger partial charge in [0.1, 0.15) is 11.6 Å². The van der Waals surface area contributed by atoms with E-state index in [9.17, 15) is 4.79 Å². The molecule has 0 bridgehead atoms. The summed E-state index contributed by atoms with van der Waals surface area (Å²) in [6.07, 6.45) is 3.23. The zero-order chi connectivity index (χ0) is 18.8. The molecule has 0 radical (unpaired) electrons. The molecule has 1 atom stereocenters. The van der Waals surface area contributed by atoms with Gasteiger partial charge in [-0.05, 0) is 33.8 Å². The molecule has 1 unspecified atom stereocenters. The molecule has 26 heavy (non-hydrogen) atoms. The monoisotopic (exact) mass is 375 g/mol. The lowest BCUT2D eigenvalue weighted by Crippen LogP contribution is -2.25. The summed E-state index contributed by atoms with van der Waals surface area (Å²) in [7, 11) is 0. The van der Waals surface area contributed by atoms with Crippen LogP contribution in [0.2, 0.25) is 0 Å². The summed E-state index contributed by atoms with van der Waals surface area (Å²) >= 11 is 1.23. The minimum Gasteiger partial charge on any atom is -0.469 e. The van der Waals surface area contributed by atoms with E-state index in [1.165, 1.54) is 16.4 Å². The zero-order valence-corrected chi connectivity index (χ0v) is 15.8. The van der Waals surface area contributed by atoms with E-state index in [1.807, 2.05) is 20.8 Å². The molecule has 0 saturated heterocycles. The third-order valence-corrected chi connectivity index (χ3v) is 4.88. The highest BCUT2D eigenvalue weighted by Crippen LogP contribution is 2.27. The Kier molecular flexibility index (Phi) is 5.03. The molecule has 138 valence electrons. The Hall–Kier alpha value is -2.75. The number of anilines is 1. The molecule has 3 aromatic heterocycles. The van der Waals surface area contributed by atoms with E-state index in [2.05, 4.69) is 20.6 Å². The molecule has 0 spiro atoms. The van der Waals surface area contributed by atoms with Crippen LogP contribution in [-0.4, -0.2) is 35.8 Å². The van der Waals surface area contributed by atoms with Crippen LogP contribution in [0.15, 0.2) is 34.2 Å². The molecule has 0 aliphatic rings. The van der Waals surface area contributed by atoms with Crippen molar-refractivity contribution in [2.45, 2.75) is 44.1 Å². The van der Waals surface area contributed by atoms with Crippen LogP contribution in [0.3, 0.4) is 0 Å². The molecule has 9 nitrogen and oxygen atoms in total. The average molecular weight is 375 g/mol. The molecular weight excluding hydrogens is 354 g/mol. The van der Waals surface area contributed by atoms with Crippen LogP contribution < -0.4 is 11.2 Å². The zero-order valence-electron chi connectivity index (χ0n) is 15.0. The minimum atomic E-state index is -0.421. The highest BCUT2D eigenvalue weighted by molar-refractivity contribution is 8.00. The number of nitrogens with one attached hydrogen (secondary N) is 1. The van der Waals surface area contributed by atoms with Gasteiger partial charge < -0.3 is 15.6 Å². The van der Waals surface area contributed by atoms with Gasteiger partial charge in [-0.2, -0.15) is 5.10 Å². The lowest BCUT2D eigenvalue weighted by molar-refractivity contribution is -0.115. The van der Waals surface area contributed by atoms with E-state index in [1.54, 1.807) is 36.2 Å². The molecule has 0 aliphatic carbocycles. The number of hydrogen-bond donors (Lipinski definition) is 2. The van der Waals surface area contributed by atoms with Gasteiger partial charge >= 0.3 is 0 Å². The molecule has 0 fully saturated rings. The number of amides is 1. The first-order chi connectivity index (χ1) is 12.4. The van der Waals surface area contributed by atoms with Gasteiger partial charge in [0.05, 0.1) is 23.3 Å². The Morgan fingerprint density at radius 2 is 2.08 bits per heavy atom. The number of rotatable bonds is 6. The summed E-state index contributed by atoms with van der Waals surface area (Å²) < 4.78 is 8.39. The van der Waals surface area contributed by atoms with Gasteiger partial charge in [0, 0.05) is 12.1 Å². The number of thioether (sulfide) groups is 1. The predicted octanol–water partition coefficient (Wildman–Crippen LogP) is 2.46. The normalized spacial score (nSPS) is 12.5. The fourth-order valence-electron chi connectivity index (χ4n) is 2.42. The summed E-state index contributed by atoms with van der Waals surface area (Å²) in [6, 6.07) is 3.69. The lowest BCUT2D eigenvalue weighted by Gasteiger charge is -2.14. The number of aromatic nitrogens is 5. The van der Waals surface area contributed by atoms with E-state index in [0.717, 1.165) is 5.56 Å². The molecule has 10 heteroatoms. The molecular formula is C16H21N7O2S. The van der Waals surface area contributed by atoms with Gasteiger partial charge in [-0.15, -0.1) is 10.2 Å². The topological polar surface area (TPSA) is 117 Å². The summed E-state index contributed by atoms with van der Waals surface area (Å²) in [6.45, 7) is 7.60. The maximum absolute atomic E-state index is 12.5. The highest BCUT2D eigenvalue weighted by atomic mass is 32.2.